The molecule has 0 saturated carbocycles. The summed E-state index contributed by atoms with van der Waals surface area (Å²) in [5.74, 6) is 0. The predicted octanol–water partition coefficient (Wildman–Crippen LogP) is 9.15. The molecule has 0 radical (unpaired) electrons. The number of aryl methyl sites for hydroxylation is 2. The Kier molecular flexibility index (Phi) is 5.75. The first-order valence-electron chi connectivity index (χ1n) is 12.5. The van der Waals surface area contributed by atoms with Crippen LogP contribution in [0.15, 0.2) is 115 Å². The van der Waals surface area contributed by atoms with E-state index in [1.807, 2.05) is 0 Å². The Hall–Kier alpha value is -3.67. The lowest BCUT2D eigenvalue weighted by Crippen LogP contribution is -2.11. The molecule has 6 aromatic rings. The summed E-state index contributed by atoms with van der Waals surface area (Å²) in [4.78, 5) is 0. The minimum atomic E-state index is -2.88. The van der Waals surface area contributed by atoms with Crippen molar-refractivity contribution in [3.8, 4) is 0 Å². The highest BCUT2D eigenvalue weighted by molar-refractivity contribution is 7.70. The maximum Gasteiger partial charge on any atom is 0.124 e. The van der Waals surface area contributed by atoms with E-state index in [-0.39, 0.29) is 0 Å². The van der Waals surface area contributed by atoms with Gasteiger partial charge in [-0.1, -0.05) is 109 Å². The standard InChI is InChI=1S/C34H29OP/c1-24-15-17-27-10-5-7-13-31(27)33(24)22-36(35,30-20-19-26-9-3-4-12-29(26)21-30)23-34-25(2)16-18-28-11-6-8-14-32(28)34/h3-21H,22-23H2,1-2H3. The summed E-state index contributed by atoms with van der Waals surface area (Å²) in [5.41, 5.74) is 4.79. The first-order valence-corrected chi connectivity index (χ1v) is 14.6. The van der Waals surface area contributed by atoms with Crippen LogP contribution < -0.4 is 5.30 Å². The quantitative estimate of drug-likeness (QED) is 0.223. The first kappa shape index (κ1) is 22.8. The van der Waals surface area contributed by atoms with Crippen molar-refractivity contribution in [3.05, 3.63) is 138 Å². The van der Waals surface area contributed by atoms with Gasteiger partial charge in [0, 0.05) is 17.6 Å². The summed E-state index contributed by atoms with van der Waals surface area (Å²) < 4.78 is 15.4. The van der Waals surface area contributed by atoms with E-state index in [1.165, 1.54) is 49.2 Å². The van der Waals surface area contributed by atoms with Gasteiger partial charge in [0.1, 0.15) is 7.14 Å². The van der Waals surface area contributed by atoms with Gasteiger partial charge in [0.05, 0.1) is 0 Å². The van der Waals surface area contributed by atoms with Gasteiger partial charge in [0.2, 0.25) is 0 Å². The zero-order valence-electron chi connectivity index (χ0n) is 20.7. The molecule has 0 aromatic heterocycles. The van der Waals surface area contributed by atoms with Gasteiger partial charge in [0.25, 0.3) is 0 Å². The van der Waals surface area contributed by atoms with Crippen LogP contribution in [0, 0.1) is 13.8 Å². The van der Waals surface area contributed by atoms with E-state index in [1.54, 1.807) is 0 Å². The minimum Gasteiger partial charge on any atom is -0.318 e. The van der Waals surface area contributed by atoms with Gasteiger partial charge in [-0.05, 0) is 74.5 Å². The molecule has 1 nitrogen and oxygen atoms in total. The van der Waals surface area contributed by atoms with Gasteiger partial charge in [-0.3, -0.25) is 0 Å². The molecule has 0 aliphatic carbocycles. The summed E-state index contributed by atoms with van der Waals surface area (Å²) in [7, 11) is -2.88. The van der Waals surface area contributed by atoms with Gasteiger partial charge >= 0.3 is 0 Å². The van der Waals surface area contributed by atoms with Crippen molar-refractivity contribution in [2.24, 2.45) is 0 Å². The van der Waals surface area contributed by atoms with Crippen LogP contribution in [-0.2, 0) is 16.9 Å². The number of hydrogen-bond donors (Lipinski definition) is 0. The van der Waals surface area contributed by atoms with Crippen LogP contribution in [0.5, 0.6) is 0 Å². The third kappa shape index (κ3) is 4.04. The molecule has 0 N–H and O–H groups in total. The second-order valence-corrected chi connectivity index (χ2v) is 12.8. The van der Waals surface area contributed by atoms with Crippen molar-refractivity contribution < 1.29 is 4.57 Å². The van der Waals surface area contributed by atoms with Gasteiger partial charge in [-0.25, -0.2) is 0 Å². The van der Waals surface area contributed by atoms with E-state index in [9.17, 15) is 0 Å². The zero-order chi connectivity index (χ0) is 24.7. The van der Waals surface area contributed by atoms with Crippen LogP contribution in [0.1, 0.15) is 22.3 Å². The lowest BCUT2D eigenvalue weighted by molar-refractivity contribution is 0.580. The summed E-state index contributed by atoms with van der Waals surface area (Å²) in [6, 6.07) is 40.4. The van der Waals surface area contributed by atoms with Crippen LogP contribution >= 0.6 is 7.14 Å². The highest BCUT2D eigenvalue weighted by Gasteiger charge is 2.29. The predicted molar refractivity (Wildman–Crippen MR) is 156 cm³/mol. The molecule has 0 unspecified atom stereocenters. The highest BCUT2D eigenvalue weighted by Crippen LogP contribution is 2.54. The molecule has 2 heteroatoms. The molecule has 0 aliphatic rings. The number of hydrogen-bond acceptors (Lipinski definition) is 1. The molecule has 176 valence electrons. The Labute approximate surface area is 212 Å². The molecule has 0 amide bonds. The third-order valence-electron chi connectivity index (χ3n) is 7.58. The van der Waals surface area contributed by atoms with Crippen molar-refractivity contribution in [2.45, 2.75) is 26.2 Å². The molecular weight excluding hydrogens is 455 g/mol. The van der Waals surface area contributed by atoms with Gasteiger partial charge in [-0.2, -0.15) is 0 Å². The summed E-state index contributed by atoms with van der Waals surface area (Å²) in [6.45, 7) is 4.30. The van der Waals surface area contributed by atoms with Crippen molar-refractivity contribution in [3.63, 3.8) is 0 Å². The van der Waals surface area contributed by atoms with E-state index in [0.29, 0.717) is 12.3 Å². The van der Waals surface area contributed by atoms with Crippen LogP contribution in [0.25, 0.3) is 32.3 Å². The Morgan fingerprint density at radius 2 is 0.944 bits per heavy atom. The Morgan fingerprint density at radius 1 is 0.500 bits per heavy atom. The average Bonchev–Trinajstić information content (AvgIpc) is 2.92. The molecule has 36 heavy (non-hydrogen) atoms. The van der Waals surface area contributed by atoms with Crippen molar-refractivity contribution >= 4 is 44.8 Å². The third-order valence-corrected chi connectivity index (χ3v) is 10.5. The Balaban J connectivity index is 1.57. The van der Waals surface area contributed by atoms with E-state index < -0.39 is 7.14 Å². The number of rotatable bonds is 5. The Morgan fingerprint density at radius 3 is 1.50 bits per heavy atom. The van der Waals surface area contributed by atoms with Gasteiger partial charge < -0.3 is 4.57 Å². The fourth-order valence-corrected chi connectivity index (χ4v) is 8.55. The van der Waals surface area contributed by atoms with E-state index in [0.717, 1.165) is 10.7 Å². The minimum absolute atomic E-state index is 0.543. The zero-order valence-corrected chi connectivity index (χ0v) is 21.6. The lowest BCUT2D eigenvalue weighted by Gasteiger charge is -2.24. The number of fused-ring (bicyclic) bond motifs is 3. The Bertz CT molecular complexity index is 1710. The summed E-state index contributed by atoms with van der Waals surface area (Å²) in [5, 5.41) is 8.08. The van der Waals surface area contributed by atoms with E-state index >= 15 is 4.57 Å². The molecule has 0 aliphatic heterocycles. The lowest BCUT2D eigenvalue weighted by atomic mass is 10.0. The largest absolute Gasteiger partial charge is 0.318 e. The summed E-state index contributed by atoms with van der Waals surface area (Å²) in [6.07, 6.45) is 1.09. The second kappa shape index (κ2) is 9.08. The maximum absolute atomic E-state index is 15.4. The van der Waals surface area contributed by atoms with E-state index in [2.05, 4.69) is 129 Å². The topological polar surface area (TPSA) is 17.1 Å². The molecular formula is C34H29OP. The molecule has 0 heterocycles. The fourth-order valence-electron chi connectivity index (χ4n) is 5.49. The monoisotopic (exact) mass is 484 g/mol. The molecule has 6 rings (SSSR count). The normalized spacial score (nSPS) is 11.9. The van der Waals surface area contributed by atoms with Crippen LogP contribution in [0.4, 0.5) is 0 Å². The van der Waals surface area contributed by atoms with Gasteiger partial charge in [0.15, 0.2) is 0 Å². The second-order valence-electron chi connectivity index (χ2n) is 9.90. The fraction of sp³-hybridized carbons (Fsp3) is 0.118. The molecule has 0 bridgehead atoms. The van der Waals surface area contributed by atoms with Crippen LogP contribution in [-0.4, -0.2) is 0 Å². The first-order chi connectivity index (χ1) is 17.5. The SMILES string of the molecule is Cc1ccc2ccccc2c1CP(=O)(Cc1c(C)ccc2ccccc12)c1ccc2ccccc2c1. The highest BCUT2D eigenvalue weighted by atomic mass is 31.2. The van der Waals surface area contributed by atoms with Crippen molar-refractivity contribution in [2.75, 3.05) is 0 Å². The number of benzene rings is 6. The average molecular weight is 485 g/mol. The molecule has 0 saturated heterocycles. The maximum atomic E-state index is 15.4. The van der Waals surface area contributed by atoms with Crippen molar-refractivity contribution in [1.82, 2.24) is 0 Å². The van der Waals surface area contributed by atoms with Crippen molar-refractivity contribution in [1.29, 1.82) is 0 Å². The molecule has 0 atom stereocenters. The molecule has 0 fully saturated rings. The molecule has 6 aromatic carbocycles. The molecule has 0 spiro atoms. The van der Waals surface area contributed by atoms with Gasteiger partial charge in [-0.15, -0.1) is 0 Å². The van der Waals surface area contributed by atoms with Crippen LogP contribution in [0.2, 0.25) is 0 Å². The van der Waals surface area contributed by atoms with E-state index in [4.69, 9.17) is 0 Å². The van der Waals surface area contributed by atoms with Crippen LogP contribution in [0.3, 0.4) is 0 Å². The smallest absolute Gasteiger partial charge is 0.124 e. The summed E-state index contributed by atoms with van der Waals surface area (Å²) >= 11 is 0.